The zero-order chi connectivity index (χ0) is 12.9. The first kappa shape index (κ1) is 14.5. The van der Waals surface area contributed by atoms with Crippen LogP contribution in [0.15, 0.2) is 0 Å². The fraction of sp³-hybridized carbons (Fsp3) is 0.923. The van der Waals surface area contributed by atoms with Gasteiger partial charge in [-0.15, -0.1) is 0 Å². The van der Waals surface area contributed by atoms with Crippen LogP contribution in [-0.4, -0.2) is 39.4 Å². The van der Waals surface area contributed by atoms with Crippen molar-refractivity contribution in [2.45, 2.75) is 70.6 Å². The third-order valence-electron chi connectivity index (χ3n) is 3.54. The molecular weight excluding hydrogens is 230 g/mol. The van der Waals surface area contributed by atoms with E-state index in [2.05, 4.69) is 10.2 Å². The van der Waals surface area contributed by atoms with Gasteiger partial charge in [0.2, 0.25) is 0 Å². The number of carbonyl (C=O) groups is 1. The van der Waals surface area contributed by atoms with E-state index < -0.39 is 0 Å². The van der Waals surface area contributed by atoms with Crippen LogP contribution in [0, 0.1) is 0 Å². The molecule has 97 valence electrons. The summed E-state index contributed by atoms with van der Waals surface area (Å²) in [6.07, 6.45) is 5.13. The molecule has 0 aromatic heterocycles. The van der Waals surface area contributed by atoms with Gasteiger partial charge in [0, 0.05) is 22.8 Å². The van der Waals surface area contributed by atoms with Crippen molar-refractivity contribution in [3.05, 3.63) is 0 Å². The van der Waals surface area contributed by atoms with Crippen molar-refractivity contribution < 1.29 is 9.53 Å². The minimum Gasteiger partial charge on any atom is -0.443 e. The summed E-state index contributed by atoms with van der Waals surface area (Å²) in [5, 5.41) is 0. The highest BCUT2D eigenvalue weighted by Gasteiger charge is 2.32. The Labute approximate surface area is 108 Å². The second-order valence-corrected chi connectivity index (χ2v) is 5.86. The summed E-state index contributed by atoms with van der Waals surface area (Å²) < 4.78 is 5.56. The number of likely N-dealkylation sites (tertiary alicyclic amines) is 1. The predicted molar refractivity (Wildman–Crippen MR) is 70.4 cm³/mol. The predicted octanol–water partition coefficient (Wildman–Crippen LogP) is 3.14. The van der Waals surface area contributed by atoms with E-state index >= 15 is 0 Å². The van der Waals surface area contributed by atoms with E-state index in [1.54, 1.807) is 0 Å². The van der Waals surface area contributed by atoms with Crippen LogP contribution in [0.3, 0.4) is 0 Å². The van der Waals surface area contributed by atoms with Crippen molar-refractivity contribution in [2.24, 2.45) is 0 Å². The standard InChI is InChI=1S/C13H24NO2Si/c1-4-13(2,3)16-12(15)14-9-5-7-11(14)8-6-10-17/h11H,4-10H2,1-3H3. The molecule has 17 heavy (non-hydrogen) atoms. The molecule has 0 aromatic rings. The van der Waals surface area contributed by atoms with Gasteiger partial charge in [0.15, 0.2) is 0 Å². The molecule has 0 aliphatic carbocycles. The quantitative estimate of drug-likeness (QED) is 0.705. The summed E-state index contributed by atoms with van der Waals surface area (Å²) in [6, 6.07) is 1.38. The van der Waals surface area contributed by atoms with Gasteiger partial charge in [0.1, 0.15) is 5.60 Å². The van der Waals surface area contributed by atoms with E-state index in [0.717, 1.165) is 44.7 Å². The van der Waals surface area contributed by atoms with Crippen molar-refractivity contribution in [1.29, 1.82) is 0 Å². The molecule has 1 aliphatic rings. The summed E-state index contributed by atoms with van der Waals surface area (Å²) >= 11 is 0. The van der Waals surface area contributed by atoms with Crippen molar-refractivity contribution in [1.82, 2.24) is 4.90 Å². The van der Waals surface area contributed by atoms with Gasteiger partial charge in [0.25, 0.3) is 0 Å². The number of amides is 1. The Morgan fingerprint density at radius 1 is 1.53 bits per heavy atom. The number of ether oxygens (including phenoxy) is 1. The van der Waals surface area contributed by atoms with Crippen LogP contribution < -0.4 is 0 Å². The summed E-state index contributed by atoms with van der Waals surface area (Å²) in [4.78, 5) is 14.0. The van der Waals surface area contributed by atoms with Gasteiger partial charge in [-0.25, -0.2) is 4.79 Å². The first-order chi connectivity index (χ1) is 8.00. The Kier molecular flexibility index (Phi) is 5.50. The highest BCUT2D eigenvalue weighted by atomic mass is 28.1. The van der Waals surface area contributed by atoms with E-state index in [1.165, 1.54) is 0 Å². The fourth-order valence-corrected chi connectivity index (χ4v) is 2.29. The molecule has 1 saturated heterocycles. The van der Waals surface area contributed by atoms with Crippen LogP contribution in [0.5, 0.6) is 0 Å². The monoisotopic (exact) mass is 254 g/mol. The molecule has 0 saturated carbocycles. The lowest BCUT2D eigenvalue weighted by Crippen LogP contribution is -2.40. The number of nitrogens with zero attached hydrogens (tertiary/aromatic N) is 1. The Bertz CT molecular complexity index is 256. The van der Waals surface area contributed by atoms with Crippen molar-refractivity contribution in [3.8, 4) is 0 Å². The van der Waals surface area contributed by atoms with Crippen molar-refractivity contribution >= 4 is 16.3 Å². The summed E-state index contributed by atoms with van der Waals surface area (Å²) in [7, 11) is 3.49. The third-order valence-corrected chi connectivity index (χ3v) is 3.89. The minimum absolute atomic E-state index is 0.131. The maximum Gasteiger partial charge on any atom is 0.410 e. The summed E-state index contributed by atoms with van der Waals surface area (Å²) in [5.41, 5.74) is -0.348. The molecule has 0 N–H and O–H groups in total. The first-order valence-corrected chi connectivity index (χ1v) is 7.35. The fourth-order valence-electron chi connectivity index (χ4n) is 2.08. The number of rotatable bonds is 5. The topological polar surface area (TPSA) is 29.5 Å². The van der Waals surface area contributed by atoms with Crippen LogP contribution in [0.25, 0.3) is 0 Å². The van der Waals surface area contributed by atoms with Gasteiger partial charge in [-0.05, 0) is 39.5 Å². The van der Waals surface area contributed by atoms with Gasteiger partial charge in [-0.1, -0.05) is 19.4 Å². The van der Waals surface area contributed by atoms with Crippen LogP contribution >= 0.6 is 0 Å². The molecule has 4 heteroatoms. The Morgan fingerprint density at radius 2 is 2.24 bits per heavy atom. The zero-order valence-corrected chi connectivity index (χ0v) is 12.3. The van der Waals surface area contributed by atoms with Gasteiger partial charge >= 0.3 is 6.09 Å². The Hall–Kier alpha value is -0.513. The average Bonchev–Trinajstić information content (AvgIpc) is 2.74. The van der Waals surface area contributed by atoms with Gasteiger partial charge < -0.3 is 9.64 Å². The number of carbonyl (C=O) groups excluding carboxylic acids is 1. The van der Waals surface area contributed by atoms with Gasteiger partial charge in [-0.3, -0.25) is 0 Å². The Balaban J connectivity index is 2.50. The van der Waals surface area contributed by atoms with E-state index in [1.807, 2.05) is 25.7 Å². The Morgan fingerprint density at radius 3 is 2.82 bits per heavy atom. The maximum atomic E-state index is 12.1. The maximum absolute atomic E-state index is 12.1. The molecule has 1 aliphatic heterocycles. The number of hydrogen-bond donors (Lipinski definition) is 0. The first-order valence-electron chi connectivity index (χ1n) is 6.64. The summed E-state index contributed by atoms with van der Waals surface area (Å²) in [5.74, 6) is 0. The molecule has 1 rings (SSSR count). The molecule has 0 spiro atoms. The van der Waals surface area contributed by atoms with Crippen LogP contribution in [-0.2, 0) is 4.74 Å². The molecule has 1 atom stereocenters. The lowest BCUT2D eigenvalue weighted by Gasteiger charge is -2.30. The second kappa shape index (κ2) is 6.43. The third kappa shape index (κ3) is 4.34. The molecule has 0 aromatic carbocycles. The molecular formula is C13H24NO2Si. The average molecular weight is 254 g/mol. The molecule has 1 heterocycles. The smallest absolute Gasteiger partial charge is 0.410 e. The van der Waals surface area contributed by atoms with E-state index in [4.69, 9.17) is 4.74 Å². The highest BCUT2D eigenvalue weighted by molar-refractivity contribution is 6.08. The van der Waals surface area contributed by atoms with Crippen LogP contribution in [0.1, 0.15) is 52.9 Å². The van der Waals surface area contributed by atoms with Crippen molar-refractivity contribution in [2.75, 3.05) is 6.54 Å². The SMILES string of the molecule is CCC(C)(C)OC(=O)N1CCCC1CCC[Si]. The highest BCUT2D eigenvalue weighted by Crippen LogP contribution is 2.25. The largest absolute Gasteiger partial charge is 0.443 e. The molecule has 1 unspecified atom stereocenters. The molecule has 0 bridgehead atoms. The van der Waals surface area contributed by atoms with E-state index in [0.29, 0.717) is 6.04 Å². The van der Waals surface area contributed by atoms with Gasteiger partial charge in [-0.2, -0.15) is 0 Å². The lowest BCUT2D eigenvalue weighted by molar-refractivity contribution is 0.00875. The van der Waals surface area contributed by atoms with E-state index in [-0.39, 0.29) is 11.7 Å². The summed E-state index contributed by atoms with van der Waals surface area (Å²) in [6.45, 7) is 6.83. The van der Waals surface area contributed by atoms with Gasteiger partial charge in [0.05, 0.1) is 0 Å². The normalized spacial score (nSPS) is 20.7. The van der Waals surface area contributed by atoms with Crippen LogP contribution in [0.2, 0.25) is 6.04 Å². The molecule has 3 nitrogen and oxygen atoms in total. The van der Waals surface area contributed by atoms with Crippen LogP contribution in [0.4, 0.5) is 4.79 Å². The van der Waals surface area contributed by atoms with Crippen molar-refractivity contribution in [3.63, 3.8) is 0 Å². The second-order valence-electron chi connectivity index (χ2n) is 5.36. The number of hydrogen-bond acceptors (Lipinski definition) is 2. The zero-order valence-electron chi connectivity index (χ0n) is 11.3. The lowest BCUT2D eigenvalue weighted by atomic mass is 10.1. The minimum atomic E-state index is -0.348. The molecule has 1 amide bonds. The molecule has 3 radical (unpaired) electrons. The molecule has 1 fully saturated rings. The van der Waals surface area contributed by atoms with E-state index in [9.17, 15) is 4.79 Å².